The number of carboxylic acids is 1. The number of carbonyl (C=O) groups excluding carboxylic acids is 8. The van der Waals surface area contributed by atoms with E-state index in [4.69, 9.17) is 29.4 Å². The first-order chi connectivity index (χ1) is 30.8. The molecule has 0 radical (unpaired) electrons. The van der Waals surface area contributed by atoms with Crippen molar-refractivity contribution in [3.63, 3.8) is 0 Å². The number of Topliss-reactive ketones (excluding diaryl/α,β-unsaturated/α-hetero) is 1. The molecule has 0 heterocycles. The minimum Gasteiger partial charge on any atom is -0.481 e. The van der Waals surface area contributed by atoms with E-state index in [9.17, 15) is 48.3 Å². The van der Waals surface area contributed by atoms with Crippen LogP contribution in [-0.4, -0.2) is 136 Å². The zero-order chi connectivity index (χ0) is 48.7. The number of carboxylic acid groups (broad SMARTS) is 1. The summed E-state index contributed by atoms with van der Waals surface area (Å²) in [6.07, 6.45) is -1.26. The van der Waals surface area contributed by atoms with Crippen LogP contribution < -0.4 is 37.6 Å². The average Bonchev–Trinajstić information content (AvgIpc) is 3.24. The Bertz CT molecular complexity index is 1670. The molecule has 0 aromatic heterocycles. The van der Waals surface area contributed by atoms with Crippen molar-refractivity contribution in [1.82, 2.24) is 26.6 Å². The predicted octanol–water partition coefficient (Wildman–Crippen LogP) is 1.53. The number of anilines is 1. The minimum absolute atomic E-state index is 0.0223. The van der Waals surface area contributed by atoms with Gasteiger partial charge in [-0.15, -0.1) is 0 Å². The van der Waals surface area contributed by atoms with Crippen molar-refractivity contribution in [2.45, 2.75) is 105 Å². The number of esters is 1. The summed E-state index contributed by atoms with van der Waals surface area (Å²) in [6.45, 7) is 11.7. The van der Waals surface area contributed by atoms with Crippen LogP contribution in [0.25, 0.3) is 0 Å². The third-order valence-electron chi connectivity index (χ3n) is 9.19. The van der Waals surface area contributed by atoms with E-state index in [0.29, 0.717) is 17.8 Å². The molecule has 0 aliphatic carbocycles. The smallest absolute Gasteiger partial charge is 0.407 e. The van der Waals surface area contributed by atoms with Crippen LogP contribution in [0.3, 0.4) is 0 Å². The average molecular weight is 924 g/mol. The number of nitrogens with two attached hydrogens (primary N) is 1. The van der Waals surface area contributed by atoms with Crippen molar-refractivity contribution >= 4 is 59.2 Å². The van der Waals surface area contributed by atoms with Gasteiger partial charge in [-0.05, 0) is 42.9 Å². The molecule has 0 unspecified atom stereocenters. The molecular weight excluding hydrogens is 855 g/mol. The second kappa shape index (κ2) is 32.7. The first-order valence-electron chi connectivity index (χ1n) is 21.7. The van der Waals surface area contributed by atoms with Crippen LogP contribution in [0.2, 0.25) is 0 Å². The molecule has 22 nitrogen and oxygen atoms in total. The highest BCUT2D eigenvalue weighted by molar-refractivity contribution is 5.99. The summed E-state index contributed by atoms with van der Waals surface area (Å²) < 4.78 is 26.5. The number of benzene rings is 1. The molecule has 0 saturated heterocycles. The normalized spacial score (nSPS) is 12.4. The summed E-state index contributed by atoms with van der Waals surface area (Å²) in [6, 6.07) is 1.91. The van der Waals surface area contributed by atoms with Gasteiger partial charge in [0, 0.05) is 44.0 Å². The maximum atomic E-state index is 13.7. The van der Waals surface area contributed by atoms with Crippen LogP contribution in [0.1, 0.15) is 85.6 Å². The topological polar surface area (TPSA) is 318 Å². The lowest BCUT2D eigenvalue weighted by molar-refractivity contribution is -0.148. The standard InChI is InChI=1S/C43H69N7O15/c1-27(2)34(51)14-15-35(52)45-18-19-61-20-21-62-22-23-63-24-25-64-43(60)49-33(13-16-36(53)54)39(56)50-37(28(3)4)40(57)48-32(8-7-17-46-42(44)59)38(55)47-31-11-9-30(10-12-31)26-65-41(58)29(5)6/h9-12,27-29,32-33,37H,7-8,13-26H2,1-6H3,(H,45,52)(H,47,55)(H,48,57)(H,49,60)(H,50,56)(H,53,54)(H3,44,46,59)/t32-,33+,37-/m0/s1. The van der Waals surface area contributed by atoms with Crippen molar-refractivity contribution in [3.8, 4) is 0 Å². The van der Waals surface area contributed by atoms with Crippen LogP contribution in [0.4, 0.5) is 15.3 Å². The molecule has 9 N–H and O–H groups in total. The Kier molecular flexibility index (Phi) is 28.8. The van der Waals surface area contributed by atoms with E-state index in [0.717, 1.165) is 0 Å². The lowest BCUT2D eigenvalue weighted by Gasteiger charge is -2.27. The maximum absolute atomic E-state index is 13.7. The number of ketones is 1. The monoisotopic (exact) mass is 923 g/mol. The van der Waals surface area contributed by atoms with Crippen LogP contribution in [0, 0.1) is 17.8 Å². The summed E-state index contributed by atoms with van der Waals surface area (Å²) in [4.78, 5) is 111. The summed E-state index contributed by atoms with van der Waals surface area (Å²) in [5.41, 5.74) is 6.21. The molecule has 0 aliphatic heterocycles. The maximum Gasteiger partial charge on any atom is 0.407 e. The van der Waals surface area contributed by atoms with Gasteiger partial charge in [0.15, 0.2) is 0 Å². The third-order valence-corrected chi connectivity index (χ3v) is 9.19. The Hall–Kier alpha value is -5.87. The largest absolute Gasteiger partial charge is 0.481 e. The highest BCUT2D eigenvalue weighted by atomic mass is 16.6. The number of hydrogen-bond acceptors (Lipinski definition) is 14. The number of urea groups is 1. The molecule has 0 aliphatic rings. The third kappa shape index (κ3) is 27.2. The lowest BCUT2D eigenvalue weighted by atomic mass is 10.0. The quantitative estimate of drug-likeness (QED) is 0.0359. The van der Waals surface area contributed by atoms with E-state index < -0.39 is 66.3 Å². The predicted molar refractivity (Wildman–Crippen MR) is 235 cm³/mol. The number of carbonyl (C=O) groups is 9. The van der Waals surface area contributed by atoms with Gasteiger partial charge in [0.25, 0.3) is 0 Å². The van der Waals surface area contributed by atoms with E-state index in [1.165, 1.54) is 0 Å². The van der Waals surface area contributed by atoms with Crippen LogP contribution in [0.15, 0.2) is 24.3 Å². The summed E-state index contributed by atoms with van der Waals surface area (Å²) >= 11 is 0. The number of nitrogens with one attached hydrogen (secondary N) is 6. The summed E-state index contributed by atoms with van der Waals surface area (Å²) in [5.74, 6) is -4.96. The van der Waals surface area contributed by atoms with Crippen LogP contribution in [0.5, 0.6) is 0 Å². The number of alkyl carbamates (subject to hydrolysis) is 1. The Morgan fingerprint density at radius 2 is 1.22 bits per heavy atom. The van der Waals surface area contributed by atoms with Gasteiger partial charge < -0.3 is 66.4 Å². The molecule has 65 heavy (non-hydrogen) atoms. The van der Waals surface area contributed by atoms with Gasteiger partial charge in [0.1, 0.15) is 37.1 Å². The van der Waals surface area contributed by atoms with Crippen LogP contribution in [-0.2, 0) is 63.9 Å². The number of amides is 7. The fraction of sp³-hybridized carbons (Fsp3) is 0.651. The highest BCUT2D eigenvalue weighted by Gasteiger charge is 2.32. The van der Waals surface area contributed by atoms with E-state index in [2.05, 4.69) is 31.9 Å². The molecule has 366 valence electrons. The number of ether oxygens (including phenoxy) is 5. The molecule has 1 aromatic rings. The number of hydrogen-bond donors (Lipinski definition) is 8. The molecule has 0 bridgehead atoms. The number of primary amides is 1. The van der Waals surface area contributed by atoms with Crippen molar-refractivity contribution in [3.05, 3.63) is 29.8 Å². The second-order valence-corrected chi connectivity index (χ2v) is 15.7. The van der Waals surface area contributed by atoms with Crippen LogP contribution >= 0.6 is 0 Å². The van der Waals surface area contributed by atoms with Crippen molar-refractivity contribution in [2.24, 2.45) is 23.5 Å². The molecule has 1 rings (SSSR count). The SMILES string of the molecule is CC(C)C(=O)CCC(=O)NCCOCCOCCOCCOC(=O)N[C@H](CCC(=O)O)C(=O)N[C@H](C(=O)N[C@@H](CCCNC(N)=O)C(=O)Nc1ccc(COC(=O)C(C)C)cc1)C(C)C. The van der Waals surface area contributed by atoms with Gasteiger partial charge in [-0.1, -0.05) is 53.7 Å². The van der Waals surface area contributed by atoms with Crippen molar-refractivity contribution in [2.75, 3.05) is 64.7 Å². The fourth-order valence-electron chi connectivity index (χ4n) is 5.40. The molecule has 22 heteroatoms. The summed E-state index contributed by atoms with van der Waals surface area (Å²) in [7, 11) is 0. The van der Waals surface area contributed by atoms with Gasteiger partial charge in [0.05, 0.1) is 45.6 Å². The van der Waals surface area contributed by atoms with E-state index in [1.807, 2.05) is 0 Å². The van der Waals surface area contributed by atoms with Gasteiger partial charge >= 0.3 is 24.1 Å². The van der Waals surface area contributed by atoms with Crippen molar-refractivity contribution in [1.29, 1.82) is 0 Å². The Morgan fingerprint density at radius 1 is 0.615 bits per heavy atom. The highest BCUT2D eigenvalue weighted by Crippen LogP contribution is 2.14. The number of aliphatic carboxylic acids is 1. The first-order valence-corrected chi connectivity index (χ1v) is 21.7. The molecule has 3 atom stereocenters. The zero-order valence-corrected chi connectivity index (χ0v) is 38.3. The molecule has 0 spiro atoms. The zero-order valence-electron chi connectivity index (χ0n) is 38.3. The molecule has 7 amide bonds. The van der Waals surface area contributed by atoms with Gasteiger partial charge in [-0.2, -0.15) is 0 Å². The number of rotatable bonds is 34. The van der Waals surface area contributed by atoms with E-state index in [-0.39, 0.29) is 121 Å². The van der Waals surface area contributed by atoms with E-state index >= 15 is 0 Å². The lowest BCUT2D eigenvalue weighted by Crippen LogP contribution is -2.58. The molecule has 1 aromatic carbocycles. The Labute approximate surface area is 379 Å². The molecule has 0 saturated carbocycles. The van der Waals surface area contributed by atoms with Gasteiger partial charge in [0.2, 0.25) is 23.6 Å². The van der Waals surface area contributed by atoms with Crippen molar-refractivity contribution < 1.29 is 71.9 Å². The molecular formula is C43H69N7O15. The second-order valence-electron chi connectivity index (χ2n) is 15.7. The summed E-state index contributed by atoms with van der Waals surface area (Å²) in [5, 5.41) is 24.7. The molecule has 0 fully saturated rings. The minimum atomic E-state index is -1.42. The Morgan fingerprint density at radius 3 is 1.78 bits per heavy atom. The first kappa shape index (κ1) is 57.1. The Balaban J connectivity index is 2.67. The fourth-order valence-corrected chi connectivity index (χ4v) is 5.40. The van der Waals surface area contributed by atoms with E-state index in [1.54, 1.807) is 65.8 Å². The van der Waals surface area contributed by atoms with Gasteiger partial charge in [-0.25, -0.2) is 9.59 Å². The van der Waals surface area contributed by atoms with Gasteiger partial charge in [-0.3, -0.25) is 33.6 Å².